The monoisotopic (exact) mass is 255 g/mol. The van der Waals surface area contributed by atoms with Crippen molar-refractivity contribution in [3.05, 3.63) is 29.6 Å². The van der Waals surface area contributed by atoms with Gasteiger partial charge in [-0.1, -0.05) is 0 Å². The van der Waals surface area contributed by atoms with Gasteiger partial charge in [0.15, 0.2) is 11.6 Å². The van der Waals surface area contributed by atoms with Gasteiger partial charge in [0.25, 0.3) is 0 Å². The standard InChI is InChI=1S/C12H15F2N3O/c1-18-5-4-15-3-2-12-16-10-6-8(13)9(14)7-11(10)17-12/h6-7,15H,2-5H2,1H3,(H,16,17). The van der Waals surface area contributed by atoms with Crippen molar-refractivity contribution in [1.82, 2.24) is 15.3 Å². The third-order valence-corrected chi connectivity index (χ3v) is 2.59. The number of hydrogen-bond donors (Lipinski definition) is 2. The zero-order chi connectivity index (χ0) is 13.0. The molecule has 0 radical (unpaired) electrons. The summed E-state index contributed by atoms with van der Waals surface area (Å²) in [5, 5.41) is 3.17. The van der Waals surface area contributed by atoms with Crippen LogP contribution >= 0.6 is 0 Å². The van der Waals surface area contributed by atoms with E-state index in [4.69, 9.17) is 4.74 Å². The molecule has 0 aliphatic rings. The minimum absolute atomic E-state index is 0.445. The Labute approximate surface area is 103 Å². The molecule has 2 rings (SSSR count). The molecule has 2 N–H and O–H groups in total. The highest BCUT2D eigenvalue weighted by molar-refractivity contribution is 5.75. The van der Waals surface area contributed by atoms with Crippen molar-refractivity contribution >= 4 is 11.0 Å². The Balaban J connectivity index is 1.97. The van der Waals surface area contributed by atoms with Crippen LogP contribution in [-0.2, 0) is 11.2 Å². The zero-order valence-electron chi connectivity index (χ0n) is 10.1. The number of fused-ring (bicyclic) bond motifs is 1. The smallest absolute Gasteiger partial charge is 0.161 e. The van der Waals surface area contributed by atoms with Gasteiger partial charge in [0, 0.05) is 38.8 Å². The van der Waals surface area contributed by atoms with Crippen LogP contribution in [0.1, 0.15) is 5.82 Å². The molecule has 0 aliphatic heterocycles. The third-order valence-electron chi connectivity index (χ3n) is 2.59. The number of aromatic amines is 1. The number of hydrogen-bond acceptors (Lipinski definition) is 3. The van der Waals surface area contributed by atoms with Gasteiger partial charge in [-0.25, -0.2) is 13.8 Å². The molecule has 0 amide bonds. The fourth-order valence-corrected chi connectivity index (χ4v) is 1.68. The molecule has 98 valence electrons. The average Bonchev–Trinajstić information content (AvgIpc) is 2.71. The molecule has 0 saturated heterocycles. The number of methoxy groups -OCH3 is 1. The lowest BCUT2D eigenvalue weighted by atomic mass is 10.3. The Morgan fingerprint density at radius 1 is 1.28 bits per heavy atom. The van der Waals surface area contributed by atoms with Crippen LogP contribution < -0.4 is 5.32 Å². The number of imidazole rings is 1. The van der Waals surface area contributed by atoms with Gasteiger partial charge in [-0.2, -0.15) is 0 Å². The first-order valence-electron chi connectivity index (χ1n) is 5.74. The summed E-state index contributed by atoms with van der Waals surface area (Å²) in [6, 6.07) is 2.22. The molecule has 1 aromatic carbocycles. The first-order valence-corrected chi connectivity index (χ1v) is 5.74. The molecule has 2 aromatic rings. The number of benzene rings is 1. The number of rotatable bonds is 6. The second-order valence-corrected chi connectivity index (χ2v) is 3.96. The Kier molecular flexibility index (Phi) is 4.22. The molecule has 0 aliphatic carbocycles. The molecule has 0 fully saturated rings. The van der Waals surface area contributed by atoms with Crippen LogP contribution in [-0.4, -0.2) is 36.8 Å². The Hall–Kier alpha value is -1.53. The van der Waals surface area contributed by atoms with E-state index in [9.17, 15) is 8.78 Å². The molecule has 6 heteroatoms. The minimum Gasteiger partial charge on any atom is -0.383 e. The van der Waals surface area contributed by atoms with E-state index in [2.05, 4.69) is 15.3 Å². The van der Waals surface area contributed by atoms with E-state index in [0.29, 0.717) is 29.9 Å². The van der Waals surface area contributed by atoms with Gasteiger partial charge in [0.05, 0.1) is 17.6 Å². The third kappa shape index (κ3) is 3.02. The lowest BCUT2D eigenvalue weighted by molar-refractivity contribution is 0.199. The van der Waals surface area contributed by atoms with Crippen LogP contribution in [0, 0.1) is 11.6 Å². The van der Waals surface area contributed by atoms with Gasteiger partial charge in [0.1, 0.15) is 5.82 Å². The summed E-state index contributed by atoms with van der Waals surface area (Å²) in [4.78, 5) is 7.16. The molecule has 0 atom stereocenters. The van der Waals surface area contributed by atoms with E-state index < -0.39 is 11.6 Å². The predicted octanol–water partition coefficient (Wildman–Crippen LogP) is 1.62. The van der Waals surface area contributed by atoms with Crippen molar-refractivity contribution in [2.75, 3.05) is 26.8 Å². The van der Waals surface area contributed by atoms with Crippen molar-refractivity contribution in [3.8, 4) is 0 Å². The summed E-state index contributed by atoms with van der Waals surface area (Å²) in [6.45, 7) is 2.14. The van der Waals surface area contributed by atoms with Crippen LogP contribution in [0.4, 0.5) is 8.78 Å². The van der Waals surface area contributed by atoms with Gasteiger partial charge < -0.3 is 15.0 Å². The molecular formula is C12H15F2N3O. The summed E-state index contributed by atoms with van der Waals surface area (Å²) in [5.74, 6) is -1.03. The lowest BCUT2D eigenvalue weighted by Crippen LogP contribution is -2.22. The fourth-order valence-electron chi connectivity index (χ4n) is 1.68. The molecule has 1 heterocycles. The van der Waals surface area contributed by atoms with E-state index in [1.54, 1.807) is 7.11 Å². The Morgan fingerprint density at radius 2 is 2.06 bits per heavy atom. The first kappa shape index (κ1) is 12.9. The van der Waals surface area contributed by atoms with Crippen molar-refractivity contribution in [2.45, 2.75) is 6.42 Å². The Bertz CT molecular complexity index is 488. The van der Waals surface area contributed by atoms with E-state index in [-0.39, 0.29) is 0 Å². The predicted molar refractivity (Wildman–Crippen MR) is 64.5 cm³/mol. The maximum absolute atomic E-state index is 13.0. The highest BCUT2D eigenvalue weighted by Gasteiger charge is 2.08. The number of aromatic nitrogens is 2. The SMILES string of the molecule is COCCNCCc1nc2cc(F)c(F)cc2[nH]1. The summed E-state index contributed by atoms with van der Waals surface area (Å²) in [5.41, 5.74) is 0.960. The lowest BCUT2D eigenvalue weighted by Gasteiger charge is -2.01. The van der Waals surface area contributed by atoms with Crippen LogP contribution in [0.3, 0.4) is 0 Å². The maximum atomic E-state index is 13.0. The van der Waals surface area contributed by atoms with E-state index in [0.717, 1.165) is 25.2 Å². The first-order chi connectivity index (χ1) is 8.70. The molecule has 1 aromatic heterocycles. The number of ether oxygens (including phenoxy) is 1. The van der Waals surface area contributed by atoms with Crippen molar-refractivity contribution < 1.29 is 13.5 Å². The minimum atomic E-state index is -0.876. The zero-order valence-corrected chi connectivity index (χ0v) is 10.1. The molecule has 18 heavy (non-hydrogen) atoms. The summed E-state index contributed by atoms with van der Waals surface area (Å²) in [7, 11) is 1.64. The molecule has 0 saturated carbocycles. The Morgan fingerprint density at radius 3 is 2.83 bits per heavy atom. The van der Waals surface area contributed by atoms with Gasteiger partial charge >= 0.3 is 0 Å². The molecule has 0 bridgehead atoms. The normalized spacial score (nSPS) is 11.3. The van der Waals surface area contributed by atoms with E-state index in [1.165, 1.54) is 0 Å². The van der Waals surface area contributed by atoms with Crippen LogP contribution in [0.5, 0.6) is 0 Å². The quantitative estimate of drug-likeness (QED) is 0.771. The topological polar surface area (TPSA) is 49.9 Å². The van der Waals surface area contributed by atoms with E-state index in [1.807, 2.05) is 0 Å². The van der Waals surface area contributed by atoms with Crippen molar-refractivity contribution in [3.63, 3.8) is 0 Å². The second-order valence-electron chi connectivity index (χ2n) is 3.96. The van der Waals surface area contributed by atoms with Gasteiger partial charge in [-0.05, 0) is 0 Å². The number of H-pyrrole nitrogens is 1. The summed E-state index contributed by atoms with van der Waals surface area (Å²) >= 11 is 0. The summed E-state index contributed by atoms with van der Waals surface area (Å²) < 4.78 is 30.9. The van der Waals surface area contributed by atoms with Gasteiger partial charge in [0.2, 0.25) is 0 Å². The number of nitrogens with zero attached hydrogens (tertiary/aromatic N) is 1. The maximum Gasteiger partial charge on any atom is 0.161 e. The second kappa shape index (κ2) is 5.88. The van der Waals surface area contributed by atoms with Gasteiger partial charge in [-0.15, -0.1) is 0 Å². The van der Waals surface area contributed by atoms with Crippen molar-refractivity contribution in [2.24, 2.45) is 0 Å². The van der Waals surface area contributed by atoms with Crippen LogP contribution in [0.2, 0.25) is 0 Å². The fraction of sp³-hybridized carbons (Fsp3) is 0.417. The van der Waals surface area contributed by atoms with E-state index >= 15 is 0 Å². The van der Waals surface area contributed by atoms with Gasteiger partial charge in [-0.3, -0.25) is 0 Å². The molecule has 0 spiro atoms. The van der Waals surface area contributed by atoms with Crippen molar-refractivity contribution in [1.29, 1.82) is 0 Å². The average molecular weight is 255 g/mol. The molecule has 4 nitrogen and oxygen atoms in total. The summed E-state index contributed by atoms with van der Waals surface area (Å²) in [6.07, 6.45) is 0.668. The molecular weight excluding hydrogens is 240 g/mol. The van der Waals surface area contributed by atoms with Crippen LogP contribution in [0.15, 0.2) is 12.1 Å². The largest absolute Gasteiger partial charge is 0.383 e. The number of nitrogens with one attached hydrogen (secondary N) is 2. The number of halogens is 2. The molecule has 0 unspecified atom stereocenters. The highest BCUT2D eigenvalue weighted by Crippen LogP contribution is 2.16. The van der Waals surface area contributed by atoms with Crippen LogP contribution in [0.25, 0.3) is 11.0 Å². The highest BCUT2D eigenvalue weighted by atomic mass is 19.2.